The summed E-state index contributed by atoms with van der Waals surface area (Å²) in [6.07, 6.45) is 0.556. The maximum Gasteiger partial charge on any atom is 0.511 e. The van der Waals surface area contributed by atoms with E-state index in [1.54, 1.807) is 18.7 Å². The first kappa shape index (κ1) is 30.3. The summed E-state index contributed by atoms with van der Waals surface area (Å²) in [5.74, 6) is -0.555. The van der Waals surface area contributed by atoms with E-state index in [0.29, 0.717) is 18.7 Å². The van der Waals surface area contributed by atoms with Crippen molar-refractivity contribution in [1.29, 1.82) is 0 Å². The van der Waals surface area contributed by atoms with Gasteiger partial charge in [-0.25, -0.2) is 9.59 Å². The Morgan fingerprint density at radius 2 is 1.65 bits per heavy atom. The van der Waals surface area contributed by atoms with Crippen LogP contribution in [0, 0.1) is 5.92 Å². The minimum atomic E-state index is -0.930. The first-order valence-corrected chi connectivity index (χ1v) is 13.4. The highest BCUT2D eigenvalue weighted by atomic mass is 16.8. The molecule has 0 bridgehead atoms. The van der Waals surface area contributed by atoms with Crippen LogP contribution in [0.5, 0.6) is 0 Å². The van der Waals surface area contributed by atoms with Crippen LogP contribution in [0.2, 0.25) is 0 Å². The van der Waals surface area contributed by atoms with Gasteiger partial charge in [-0.05, 0) is 48.1 Å². The molecule has 0 spiro atoms. The van der Waals surface area contributed by atoms with Crippen LogP contribution in [0.1, 0.15) is 59.4 Å². The summed E-state index contributed by atoms with van der Waals surface area (Å²) in [5, 5.41) is 14.3. The molecule has 1 atom stereocenters. The van der Waals surface area contributed by atoms with E-state index in [0.717, 1.165) is 28.7 Å². The number of aromatic amines is 1. The van der Waals surface area contributed by atoms with E-state index < -0.39 is 25.0 Å². The Kier molecular flexibility index (Phi) is 11.2. The predicted molar refractivity (Wildman–Crippen MR) is 147 cm³/mol. The van der Waals surface area contributed by atoms with Gasteiger partial charge in [0.1, 0.15) is 6.04 Å². The van der Waals surface area contributed by atoms with Crippen LogP contribution in [0.3, 0.4) is 0 Å². The Hall–Kier alpha value is -4.28. The Morgan fingerprint density at radius 3 is 2.25 bits per heavy atom. The van der Waals surface area contributed by atoms with Gasteiger partial charge in [-0.3, -0.25) is 4.79 Å². The molecular formula is C29H37N5O6. The molecule has 0 aliphatic heterocycles. The lowest BCUT2D eigenvalue weighted by molar-refractivity contribution is -0.166. The van der Waals surface area contributed by atoms with Gasteiger partial charge in [0.15, 0.2) is 0 Å². The van der Waals surface area contributed by atoms with Crippen molar-refractivity contribution >= 4 is 18.0 Å². The van der Waals surface area contributed by atoms with Gasteiger partial charge in [-0.2, -0.15) is 5.21 Å². The molecule has 0 radical (unpaired) electrons. The molecule has 40 heavy (non-hydrogen) atoms. The number of carbonyl (C=O) groups excluding carboxylic acids is 3. The number of ether oxygens (including phenoxy) is 3. The van der Waals surface area contributed by atoms with Crippen LogP contribution in [-0.2, 0) is 30.3 Å². The molecule has 2 aromatic carbocycles. The van der Waals surface area contributed by atoms with Gasteiger partial charge in [0.05, 0.1) is 6.10 Å². The Labute approximate surface area is 234 Å². The molecule has 0 aliphatic carbocycles. The number of tetrazole rings is 1. The third kappa shape index (κ3) is 8.36. The zero-order valence-corrected chi connectivity index (χ0v) is 23.6. The zero-order valence-electron chi connectivity index (χ0n) is 23.6. The number of aromatic nitrogens is 4. The van der Waals surface area contributed by atoms with Gasteiger partial charge in [-0.15, -0.1) is 10.2 Å². The molecule has 0 aliphatic rings. The number of hydrogen-bond donors (Lipinski definition) is 1. The SMILES string of the molecule is CCCCC(=O)N(Cc1ccc(-c2ccccc2-c2nn[nH]n2)cc1)C(C(=O)OCOC(=O)OC(C)C)C(C)C. The Morgan fingerprint density at radius 1 is 0.950 bits per heavy atom. The maximum atomic E-state index is 13.3. The standard InChI is InChI=1S/C29H37N5O6/c1-6-7-12-25(35)34(26(19(2)3)28(36)38-18-39-29(37)40-20(4)5)17-21-13-15-22(16-14-21)23-10-8-9-11-24(23)27-30-32-33-31-27/h8-11,13-16,19-20,26H,6-7,12,17-18H2,1-5H3,(H,30,31,32,33). The molecule has 0 fully saturated rings. The molecule has 3 aromatic rings. The summed E-state index contributed by atoms with van der Waals surface area (Å²) in [6.45, 7) is 8.67. The molecule has 11 nitrogen and oxygen atoms in total. The number of carbonyl (C=O) groups is 3. The van der Waals surface area contributed by atoms with Crippen molar-refractivity contribution in [3.8, 4) is 22.5 Å². The average Bonchev–Trinajstić information content (AvgIpc) is 3.46. The monoisotopic (exact) mass is 551 g/mol. The van der Waals surface area contributed by atoms with Crippen molar-refractivity contribution in [2.24, 2.45) is 5.92 Å². The summed E-state index contributed by atoms with van der Waals surface area (Å²) < 4.78 is 15.0. The molecule has 1 aromatic heterocycles. The molecule has 0 saturated heterocycles. The molecule has 3 rings (SSSR count). The molecule has 214 valence electrons. The minimum absolute atomic E-state index is 0.149. The number of benzene rings is 2. The smallest absolute Gasteiger partial charge is 0.431 e. The van der Waals surface area contributed by atoms with E-state index in [1.165, 1.54) is 0 Å². The van der Waals surface area contributed by atoms with Crippen molar-refractivity contribution in [3.63, 3.8) is 0 Å². The van der Waals surface area contributed by atoms with E-state index in [1.807, 2.05) is 69.3 Å². The summed E-state index contributed by atoms with van der Waals surface area (Å²) in [6, 6.07) is 14.6. The van der Waals surface area contributed by atoms with Crippen LogP contribution in [0.4, 0.5) is 4.79 Å². The normalized spacial score (nSPS) is 11.8. The lowest BCUT2D eigenvalue weighted by Crippen LogP contribution is -2.48. The van der Waals surface area contributed by atoms with Crippen molar-refractivity contribution in [3.05, 3.63) is 54.1 Å². The van der Waals surface area contributed by atoms with Crippen molar-refractivity contribution < 1.29 is 28.6 Å². The lowest BCUT2D eigenvalue weighted by Gasteiger charge is -2.33. The number of nitrogens with one attached hydrogen (secondary N) is 1. The number of hydrogen-bond acceptors (Lipinski definition) is 9. The van der Waals surface area contributed by atoms with Crippen LogP contribution < -0.4 is 0 Å². The second-order valence-electron chi connectivity index (χ2n) is 9.93. The largest absolute Gasteiger partial charge is 0.511 e. The first-order valence-electron chi connectivity index (χ1n) is 13.4. The van der Waals surface area contributed by atoms with Gasteiger partial charge in [0.25, 0.3) is 0 Å². The zero-order chi connectivity index (χ0) is 29.1. The second-order valence-corrected chi connectivity index (χ2v) is 9.93. The number of amides is 1. The fourth-order valence-electron chi connectivity index (χ4n) is 4.21. The molecule has 1 heterocycles. The first-order chi connectivity index (χ1) is 19.2. The van der Waals surface area contributed by atoms with Gasteiger partial charge < -0.3 is 19.1 Å². The highest BCUT2D eigenvalue weighted by Gasteiger charge is 2.34. The van der Waals surface area contributed by atoms with Gasteiger partial charge >= 0.3 is 12.1 Å². The van der Waals surface area contributed by atoms with E-state index in [9.17, 15) is 14.4 Å². The van der Waals surface area contributed by atoms with E-state index in [-0.39, 0.29) is 24.5 Å². The highest BCUT2D eigenvalue weighted by molar-refractivity contribution is 5.85. The summed E-state index contributed by atoms with van der Waals surface area (Å²) in [7, 11) is 0. The van der Waals surface area contributed by atoms with Crippen molar-refractivity contribution in [1.82, 2.24) is 25.5 Å². The van der Waals surface area contributed by atoms with E-state index in [2.05, 4.69) is 20.6 Å². The van der Waals surface area contributed by atoms with Crippen LogP contribution in [-0.4, -0.2) is 62.5 Å². The molecule has 0 saturated carbocycles. The maximum absolute atomic E-state index is 13.3. The lowest BCUT2D eigenvalue weighted by atomic mass is 9.97. The van der Waals surface area contributed by atoms with Crippen molar-refractivity contribution in [2.45, 2.75) is 72.6 Å². The minimum Gasteiger partial charge on any atom is -0.431 e. The Bertz CT molecular complexity index is 1240. The molecule has 1 N–H and O–H groups in total. The predicted octanol–water partition coefficient (Wildman–Crippen LogP) is 5.14. The Balaban J connectivity index is 1.80. The third-order valence-electron chi connectivity index (χ3n) is 6.11. The summed E-state index contributed by atoms with van der Waals surface area (Å²) in [5.41, 5.74) is 3.56. The van der Waals surface area contributed by atoms with Crippen LogP contribution in [0.25, 0.3) is 22.5 Å². The van der Waals surface area contributed by atoms with Gasteiger partial charge in [-0.1, -0.05) is 75.7 Å². The average molecular weight is 552 g/mol. The quantitative estimate of drug-likeness (QED) is 0.226. The number of rotatable bonds is 13. The summed E-state index contributed by atoms with van der Waals surface area (Å²) >= 11 is 0. The second kappa shape index (κ2) is 14.8. The topological polar surface area (TPSA) is 137 Å². The third-order valence-corrected chi connectivity index (χ3v) is 6.11. The van der Waals surface area contributed by atoms with Crippen LogP contribution >= 0.6 is 0 Å². The number of unbranched alkanes of at least 4 members (excludes halogenated alkanes) is 1. The fraction of sp³-hybridized carbons (Fsp3) is 0.448. The summed E-state index contributed by atoms with van der Waals surface area (Å²) in [4.78, 5) is 39.6. The number of esters is 1. The van der Waals surface area contributed by atoms with E-state index in [4.69, 9.17) is 14.2 Å². The fourth-order valence-corrected chi connectivity index (χ4v) is 4.21. The number of nitrogens with zero attached hydrogens (tertiary/aromatic N) is 4. The van der Waals surface area contributed by atoms with Gasteiger partial charge in [0, 0.05) is 18.5 Å². The van der Waals surface area contributed by atoms with Gasteiger partial charge in [0.2, 0.25) is 18.5 Å². The highest BCUT2D eigenvalue weighted by Crippen LogP contribution is 2.30. The molecule has 1 unspecified atom stereocenters. The molecule has 11 heteroatoms. The van der Waals surface area contributed by atoms with Crippen LogP contribution in [0.15, 0.2) is 48.5 Å². The molecular weight excluding hydrogens is 514 g/mol. The number of H-pyrrole nitrogens is 1. The van der Waals surface area contributed by atoms with E-state index >= 15 is 0 Å². The van der Waals surface area contributed by atoms with Crippen molar-refractivity contribution in [2.75, 3.05) is 6.79 Å². The molecule has 1 amide bonds.